The van der Waals surface area contributed by atoms with E-state index in [4.69, 9.17) is 0 Å². The van der Waals surface area contributed by atoms with Crippen LogP contribution in [0, 0.1) is 0 Å². The predicted octanol–water partition coefficient (Wildman–Crippen LogP) is -0.546. The fourth-order valence-electron chi connectivity index (χ4n) is 1.47. The van der Waals surface area contributed by atoms with Crippen LogP contribution < -0.4 is 15.7 Å². The maximum absolute atomic E-state index is 12.0. The minimum atomic E-state index is -0.458. The molecule has 0 aromatic carbocycles. The second-order valence-electron chi connectivity index (χ2n) is 3.46. The highest BCUT2D eigenvalue weighted by molar-refractivity contribution is 7.15. The predicted molar refractivity (Wildman–Crippen MR) is 66.4 cm³/mol. The fourth-order valence-corrected chi connectivity index (χ4v) is 2.37. The van der Waals surface area contributed by atoms with E-state index < -0.39 is 5.56 Å². The number of fused-ring (bicyclic) bond motifs is 1. The number of hydrogen-bond donors (Lipinski definition) is 0. The summed E-state index contributed by atoms with van der Waals surface area (Å²) >= 11 is 1.11. The molecule has 0 N–H and O–H groups in total. The van der Waals surface area contributed by atoms with E-state index in [0.29, 0.717) is 10.2 Å². The number of hydrogen-bond acceptors (Lipinski definition) is 6. The van der Waals surface area contributed by atoms with Crippen molar-refractivity contribution in [1.82, 2.24) is 19.6 Å². The summed E-state index contributed by atoms with van der Waals surface area (Å²) in [5.74, 6) is 0. The summed E-state index contributed by atoms with van der Waals surface area (Å²) in [5, 5.41) is 3.74. The van der Waals surface area contributed by atoms with E-state index in [9.17, 15) is 9.59 Å². The number of thiazole rings is 1. The summed E-state index contributed by atoms with van der Waals surface area (Å²) in [6, 6.07) is 5.41. The van der Waals surface area contributed by atoms with Crippen molar-refractivity contribution in [2.75, 3.05) is 0 Å². The van der Waals surface area contributed by atoms with Crippen LogP contribution in [0.2, 0.25) is 0 Å². The summed E-state index contributed by atoms with van der Waals surface area (Å²) in [4.78, 5) is 31.1. The van der Waals surface area contributed by atoms with Crippen LogP contribution in [-0.4, -0.2) is 19.6 Å². The number of pyridine rings is 1. The topological polar surface area (TPSA) is 77.2 Å². The lowest BCUT2D eigenvalue weighted by atomic mass is 10.3. The zero-order valence-electron chi connectivity index (χ0n) is 8.98. The molecule has 0 saturated carbocycles. The van der Waals surface area contributed by atoms with Gasteiger partial charge in [0.25, 0.3) is 11.1 Å². The Morgan fingerprint density at radius 1 is 1.28 bits per heavy atom. The van der Waals surface area contributed by atoms with Crippen LogP contribution in [0.5, 0.6) is 0 Å². The molecule has 3 aromatic heterocycles. The Hall–Kier alpha value is -2.41. The molecular weight excluding hydrogens is 252 g/mol. The van der Waals surface area contributed by atoms with Crippen molar-refractivity contribution < 1.29 is 0 Å². The van der Waals surface area contributed by atoms with Crippen molar-refractivity contribution >= 4 is 22.4 Å². The van der Waals surface area contributed by atoms with Gasteiger partial charge in [-0.1, -0.05) is 17.4 Å². The van der Waals surface area contributed by atoms with Crippen molar-refractivity contribution in [2.24, 2.45) is 0 Å². The first-order valence-electron chi connectivity index (χ1n) is 5.06. The normalized spacial score (nSPS) is 12.1. The van der Waals surface area contributed by atoms with Crippen LogP contribution in [0.1, 0.15) is 5.69 Å². The van der Waals surface area contributed by atoms with Crippen LogP contribution in [0.15, 0.2) is 40.2 Å². The Labute approximate surface area is 104 Å². The molecule has 18 heavy (non-hydrogen) atoms. The van der Waals surface area contributed by atoms with Gasteiger partial charge in [0.15, 0.2) is 0 Å². The largest absolute Gasteiger partial charge is 0.292 e. The standard InChI is InChI=1S/C11H6N4O2S/c16-9-6-13-15-10(17)8(18-11(15)14-9)5-7-3-1-2-4-12-7/h1-6H. The van der Waals surface area contributed by atoms with Gasteiger partial charge >= 0.3 is 0 Å². The van der Waals surface area contributed by atoms with Crippen molar-refractivity contribution in [3.8, 4) is 0 Å². The Morgan fingerprint density at radius 2 is 2.17 bits per heavy atom. The molecule has 6 nitrogen and oxygen atoms in total. The molecule has 7 heteroatoms. The van der Waals surface area contributed by atoms with Crippen LogP contribution in [0.4, 0.5) is 0 Å². The van der Waals surface area contributed by atoms with Crippen LogP contribution >= 0.6 is 11.3 Å². The highest BCUT2D eigenvalue weighted by atomic mass is 32.1. The summed E-state index contributed by atoms with van der Waals surface area (Å²) in [5.41, 5.74) is -0.0853. The zero-order chi connectivity index (χ0) is 12.5. The van der Waals surface area contributed by atoms with E-state index in [-0.39, 0.29) is 10.5 Å². The number of aromatic nitrogens is 4. The van der Waals surface area contributed by atoms with Gasteiger partial charge in [0, 0.05) is 6.20 Å². The molecule has 0 fully saturated rings. The molecule has 0 aliphatic carbocycles. The SMILES string of the molecule is O=c1cnn2c(=O)c(=Cc3ccccn3)sc2n1. The summed E-state index contributed by atoms with van der Waals surface area (Å²) in [7, 11) is 0. The van der Waals surface area contributed by atoms with Gasteiger partial charge in [-0.3, -0.25) is 14.6 Å². The number of nitrogens with zero attached hydrogens (tertiary/aromatic N) is 4. The van der Waals surface area contributed by atoms with Crippen LogP contribution in [0.3, 0.4) is 0 Å². The highest BCUT2D eigenvalue weighted by Gasteiger charge is 2.05. The van der Waals surface area contributed by atoms with E-state index in [1.807, 2.05) is 6.07 Å². The third-order valence-corrected chi connectivity index (χ3v) is 3.20. The van der Waals surface area contributed by atoms with Gasteiger partial charge in [-0.15, -0.1) is 0 Å². The van der Waals surface area contributed by atoms with Crippen molar-refractivity contribution in [3.05, 3.63) is 61.5 Å². The molecule has 3 heterocycles. The second kappa shape index (κ2) is 4.11. The van der Waals surface area contributed by atoms with Gasteiger partial charge < -0.3 is 0 Å². The molecule has 0 saturated heterocycles. The van der Waals surface area contributed by atoms with Gasteiger partial charge in [0.05, 0.1) is 5.69 Å². The minimum absolute atomic E-state index is 0.287. The lowest BCUT2D eigenvalue weighted by molar-refractivity contribution is 0.866. The van der Waals surface area contributed by atoms with Crippen LogP contribution in [0.25, 0.3) is 11.0 Å². The average molecular weight is 258 g/mol. The first kappa shape index (κ1) is 10.7. The Bertz CT molecular complexity index is 869. The fraction of sp³-hybridized carbons (Fsp3) is 0. The lowest BCUT2D eigenvalue weighted by Crippen LogP contribution is -2.25. The maximum atomic E-state index is 12.0. The molecule has 3 rings (SSSR count). The molecule has 3 aromatic rings. The summed E-state index contributed by atoms with van der Waals surface area (Å²) in [6.07, 6.45) is 4.31. The third-order valence-electron chi connectivity index (χ3n) is 2.24. The molecule has 0 radical (unpaired) electrons. The molecule has 88 valence electrons. The van der Waals surface area contributed by atoms with Crippen molar-refractivity contribution in [1.29, 1.82) is 0 Å². The quantitative estimate of drug-likeness (QED) is 0.585. The molecule has 0 spiro atoms. The summed E-state index contributed by atoms with van der Waals surface area (Å²) in [6.45, 7) is 0. The van der Waals surface area contributed by atoms with E-state index in [2.05, 4.69) is 15.1 Å². The summed E-state index contributed by atoms with van der Waals surface area (Å²) < 4.78 is 1.56. The lowest BCUT2D eigenvalue weighted by Gasteiger charge is -1.86. The van der Waals surface area contributed by atoms with Gasteiger partial charge in [0.2, 0.25) is 4.96 Å². The second-order valence-corrected chi connectivity index (χ2v) is 4.47. The minimum Gasteiger partial charge on any atom is -0.266 e. The van der Waals surface area contributed by atoms with Crippen molar-refractivity contribution in [3.63, 3.8) is 0 Å². The van der Waals surface area contributed by atoms with E-state index in [0.717, 1.165) is 22.0 Å². The number of rotatable bonds is 1. The molecule has 0 unspecified atom stereocenters. The Morgan fingerprint density at radius 3 is 2.94 bits per heavy atom. The first-order valence-corrected chi connectivity index (χ1v) is 5.87. The molecule has 0 atom stereocenters. The van der Waals surface area contributed by atoms with E-state index >= 15 is 0 Å². The maximum Gasteiger partial charge on any atom is 0.292 e. The molecule has 0 amide bonds. The van der Waals surface area contributed by atoms with Crippen LogP contribution in [-0.2, 0) is 0 Å². The first-order chi connectivity index (χ1) is 8.74. The monoisotopic (exact) mass is 258 g/mol. The highest BCUT2D eigenvalue weighted by Crippen LogP contribution is 1.97. The van der Waals surface area contributed by atoms with Crippen molar-refractivity contribution in [2.45, 2.75) is 0 Å². The molecular formula is C11H6N4O2S. The van der Waals surface area contributed by atoms with E-state index in [1.54, 1.807) is 24.4 Å². The van der Waals surface area contributed by atoms with Gasteiger partial charge in [-0.05, 0) is 18.2 Å². The molecule has 0 aliphatic heterocycles. The van der Waals surface area contributed by atoms with Gasteiger partial charge in [0.1, 0.15) is 10.7 Å². The Kier molecular flexibility index (Phi) is 2.45. The third kappa shape index (κ3) is 1.80. The average Bonchev–Trinajstić information content (AvgIpc) is 2.67. The van der Waals surface area contributed by atoms with Gasteiger partial charge in [-0.25, -0.2) is 0 Å². The Balaban J connectivity index is 2.31. The smallest absolute Gasteiger partial charge is 0.266 e. The van der Waals surface area contributed by atoms with Gasteiger partial charge in [-0.2, -0.15) is 14.6 Å². The van der Waals surface area contributed by atoms with E-state index in [1.165, 1.54) is 0 Å². The zero-order valence-corrected chi connectivity index (χ0v) is 9.79. The molecule has 0 aliphatic rings. The molecule has 0 bridgehead atoms.